The minimum atomic E-state index is -3.94. The van der Waals surface area contributed by atoms with Crippen molar-refractivity contribution in [2.45, 2.75) is 38.6 Å². The van der Waals surface area contributed by atoms with Crippen molar-refractivity contribution in [3.05, 3.63) is 89.0 Å². The number of nitrogens with zero attached hydrogens (tertiary/aromatic N) is 2. The van der Waals surface area contributed by atoms with Gasteiger partial charge < -0.3 is 10.1 Å². The Labute approximate surface area is 205 Å². The van der Waals surface area contributed by atoms with Gasteiger partial charge in [-0.15, -0.1) is 0 Å². The van der Waals surface area contributed by atoms with Crippen LogP contribution in [0.3, 0.4) is 0 Å². The van der Waals surface area contributed by atoms with Crippen LogP contribution in [0.15, 0.2) is 71.6 Å². The Morgan fingerprint density at radius 1 is 0.971 bits per heavy atom. The van der Waals surface area contributed by atoms with E-state index in [0.717, 1.165) is 27.8 Å². The van der Waals surface area contributed by atoms with E-state index < -0.39 is 10.0 Å². The second-order valence-electron chi connectivity index (χ2n) is 8.52. The van der Waals surface area contributed by atoms with E-state index >= 15 is 0 Å². The van der Waals surface area contributed by atoms with Crippen LogP contribution >= 0.6 is 0 Å². The zero-order chi connectivity index (χ0) is 24.6. The van der Waals surface area contributed by atoms with Gasteiger partial charge in [-0.25, -0.2) is 18.1 Å². The SMILES string of the molecule is CCc1c2nc(nc1-c1cccc(C)c1C)NS(=O)(=O)c1cccc(c1)NCc1cccc(c1)O2. The zero-order valence-corrected chi connectivity index (χ0v) is 20.6. The number of nitrogens with one attached hydrogen (secondary N) is 2. The first-order valence-electron chi connectivity index (χ1n) is 11.4. The summed E-state index contributed by atoms with van der Waals surface area (Å²) in [4.78, 5) is 9.32. The summed E-state index contributed by atoms with van der Waals surface area (Å²) < 4.78 is 35.4. The van der Waals surface area contributed by atoms with Crippen molar-refractivity contribution in [1.82, 2.24) is 9.97 Å². The lowest BCUT2D eigenvalue weighted by molar-refractivity contribution is 0.456. The minimum Gasteiger partial charge on any atom is -0.439 e. The van der Waals surface area contributed by atoms with Crippen LogP contribution < -0.4 is 14.8 Å². The smallest absolute Gasteiger partial charge is 0.264 e. The van der Waals surface area contributed by atoms with Crippen LogP contribution in [0.4, 0.5) is 11.6 Å². The molecule has 0 fully saturated rings. The Kier molecular flexibility index (Phi) is 5.90. The summed E-state index contributed by atoms with van der Waals surface area (Å²) in [5.74, 6) is 0.899. The average molecular weight is 487 g/mol. The van der Waals surface area contributed by atoms with Crippen molar-refractivity contribution in [3.8, 4) is 22.9 Å². The minimum absolute atomic E-state index is 0.0420. The summed E-state index contributed by atoms with van der Waals surface area (Å²) >= 11 is 0. The Hall–Kier alpha value is -3.91. The van der Waals surface area contributed by atoms with Crippen molar-refractivity contribution in [3.63, 3.8) is 0 Å². The molecule has 4 aromatic rings. The molecule has 1 aliphatic heterocycles. The standard InChI is InChI=1S/C27H26N4O3S/c1-4-23-25(24-13-5-8-17(2)18(24)3)29-27-30-26(23)34-21-11-6-9-19(14-21)16-28-20-10-7-12-22(15-20)35(32,33)31-27/h5-15,28H,4,16H2,1-3H3,(H,29,30,31). The summed E-state index contributed by atoms with van der Waals surface area (Å²) in [5, 5.41) is 3.28. The van der Waals surface area contributed by atoms with Gasteiger partial charge in [0.1, 0.15) is 5.75 Å². The highest BCUT2D eigenvalue weighted by Crippen LogP contribution is 2.35. The number of hydrogen-bond donors (Lipinski definition) is 2. The van der Waals surface area contributed by atoms with Crippen LogP contribution in [0.5, 0.6) is 11.6 Å². The lowest BCUT2D eigenvalue weighted by Gasteiger charge is -2.18. The second kappa shape index (κ2) is 9.03. The molecule has 35 heavy (non-hydrogen) atoms. The number of hydrogen-bond acceptors (Lipinski definition) is 6. The fraction of sp³-hybridized carbons (Fsp3) is 0.185. The van der Waals surface area contributed by atoms with E-state index in [4.69, 9.17) is 4.74 Å². The average Bonchev–Trinajstić information content (AvgIpc) is 2.84. The summed E-state index contributed by atoms with van der Waals surface area (Å²) in [6.07, 6.45) is 0.606. The number of benzene rings is 3. The van der Waals surface area contributed by atoms with E-state index in [9.17, 15) is 8.42 Å². The van der Waals surface area contributed by atoms with E-state index in [2.05, 4.69) is 20.0 Å². The Morgan fingerprint density at radius 2 is 1.77 bits per heavy atom. The number of fused-ring (bicyclic) bond motifs is 6. The third-order valence-electron chi connectivity index (χ3n) is 6.16. The number of sulfonamides is 1. The van der Waals surface area contributed by atoms with E-state index in [1.165, 1.54) is 0 Å². The highest BCUT2D eigenvalue weighted by atomic mass is 32.2. The Balaban J connectivity index is 1.76. The van der Waals surface area contributed by atoms with Gasteiger partial charge in [0.05, 0.1) is 10.6 Å². The number of ether oxygens (including phenoxy) is 1. The lowest BCUT2D eigenvalue weighted by atomic mass is 9.97. The maximum absolute atomic E-state index is 13.3. The molecule has 5 rings (SSSR count). The van der Waals surface area contributed by atoms with Gasteiger partial charge in [-0.05, 0) is 67.3 Å². The molecule has 2 heterocycles. The topological polar surface area (TPSA) is 93.2 Å². The number of aromatic nitrogens is 2. The third-order valence-corrected chi connectivity index (χ3v) is 7.49. The van der Waals surface area contributed by atoms with Gasteiger partial charge in [0, 0.05) is 23.4 Å². The molecule has 8 heteroatoms. The molecule has 0 saturated heterocycles. The first-order valence-corrected chi connectivity index (χ1v) is 12.9. The maximum Gasteiger partial charge on any atom is 0.264 e. The molecule has 0 atom stereocenters. The van der Waals surface area contributed by atoms with Gasteiger partial charge in [0.15, 0.2) is 0 Å². The van der Waals surface area contributed by atoms with Gasteiger partial charge in [0.2, 0.25) is 11.8 Å². The molecule has 7 nitrogen and oxygen atoms in total. The molecule has 178 valence electrons. The zero-order valence-electron chi connectivity index (χ0n) is 19.8. The molecule has 0 amide bonds. The van der Waals surface area contributed by atoms with E-state index in [0.29, 0.717) is 36.0 Å². The van der Waals surface area contributed by atoms with E-state index in [-0.39, 0.29) is 10.8 Å². The van der Waals surface area contributed by atoms with Crippen LogP contribution in [0.1, 0.15) is 29.2 Å². The molecule has 1 aromatic heterocycles. The van der Waals surface area contributed by atoms with Gasteiger partial charge >= 0.3 is 0 Å². The summed E-state index contributed by atoms with van der Waals surface area (Å²) in [5.41, 5.74) is 6.23. The Morgan fingerprint density at radius 3 is 2.60 bits per heavy atom. The third kappa shape index (κ3) is 4.57. The van der Waals surface area contributed by atoms with E-state index in [1.807, 2.05) is 69.3 Å². The van der Waals surface area contributed by atoms with Crippen LogP contribution in [-0.4, -0.2) is 18.4 Å². The van der Waals surface area contributed by atoms with Crippen LogP contribution in [0.25, 0.3) is 11.3 Å². The van der Waals surface area contributed by atoms with Crippen LogP contribution in [-0.2, 0) is 23.0 Å². The predicted octanol–water partition coefficient (Wildman–Crippen LogP) is 5.84. The molecule has 6 bridgehead atoms. The van der Waals surface area contributed by atoms with Crippen molar-refractivity contribution in [2.24, 2.45) is 0 Å². The molecule has 2 N–H and O–H groups in total. The maximum atomic E-state index is 13.3. The summed E-state index contributed by atoms with van der Waals surface area (Å²) in [6, 6.07) is 20.4. The van der Waals surface area contributed by atoms with Gasteiger partial charge in [-0.2, -0.15) is 4.98 Å². The predicted molar refractivity (Wildman–Crippen MR) is 137 cm³/mol. The quantitative estimate of drug-likeness (QED) is 0.370. The molecule has 0 unspecified atom stereocenters. The number of rotatable bonds is 2. The second-order valence-corrected chi connectivity index (χ2v) is 10.2. The first kappa shape index (κ1) is 22.9. The highest BCUT2D eigenvalue weighted by molar-refractivity contribution is 7.92. The number of anilines is 2. The van der Waals surface area contributed by atoms with Crippen molar-refractivity contribution < 1.29 is 13.2 Å². The van der Waals surface area contributed by atoms with Gasteiger partial charge in [-0.3, -0.25) is 0 Å². The van der Waals surface area contributed by atoms with Crippen molar-refractivity contribution >= 4 is 21.7 Å². The molecule has 3 aromatic carbocycles. The first-order chi connectivity index (χ1) is 16.8. The lowest BCUT2D eigenvalue weighted by Crippen LogP contribution is -2.17. The fourth-order valence-electron chi connectivity index (χ4n) is 4.13. The van der Waals surface area contributed by atoms with Crippen LogP contribution in [0.2, 0.25) is 0 Å². The molecule has 1 aliphatic rings. The number of aryl methyl sites for hydroxylation is 1. The van der Waals surface area contributed by atoms with Gasteiger partial charge in [0.25, 0.3) is 10.0 Å². The summed E-state index contributed by atoms with van der Waals surface area (Å²) in [6.45, 7) is 6.59. The molecule has 0 aliphatic carbocycles. The molecular formula is C27H26N4O3S. The largest absolute Gasteiger partial charge is 0.439 e. The summed E-state index contributed by atoms with van der Waals surface area (Å²) in [7, 11) is -3.94. The monoisotopic (exact) mass is 486 g/mol. The van der Waals surface area contributed by atoms with Crippen LogP contribution in [0, 0.1) is 13.8 Å². The fourth-order valence-corrected chi connectivity index (χ4v) is 5.12. The van der Waals surface area contributed by atoms with Gasteiger partial charge in [-0.1, -0.05) is 43.3 Å². The molecule has 0 radical (unpaired) electrons. The molecule has 0 saturated carbocycles. The van der Waals surface area contributed by atoms with E-state index in [1.54, 1.807) is 18.2 Å². The Bertz CT molecular complexity index is 1530. The molecular weight excluding hydrogens is 460 g/mol. The normalized spacial score (nSPS) is 14.1. The van der Waals surface area contributed by atoms with Crippen molar-refractivity contribution in [1.29, 1.82) is 0 Å². The molecule has 0 spiro atoms. The highest BCUT2D eigenvalue weighted by Gasteiger charge is 2.23. The van der Waals surface area contributed by atoms with Crippen molar-refractivity contribution in [2.75, 3.05) is 10.0 Å².